The van der Waals surface area contributed by atoms with E-state index < -0.39 is 11.9 Å². The average molecular weight is 504 g/mol. The van der Waals surface area contributed by atoms with Gasteiger partial charge in [-0.15, -0.1) is 0 Å². The Morgan fingerprint density at radius 1 is 0.973 bits per heavy atom. The van der Waals surface area contributed by atoms with Gasteiger partial charge in [0.25, 0.3) is 0 Å². The van der Waals surface area contributed by atoms with E-state index in [1.807, 2.05) is 26.1 Å². The predicted octanol–water partition coefficient (Wildman–Crippen LogP) is 3.59. The van der Waals surface area contributed by atoms with Crippen molar-refractivity contribution in [3.63, 3.8) is 0 Å². The smallest absolute Gasteiger partial charge is 0.338 e. The first kappa shape index (κ1) is 26.0. The Bertz CT molecular complexity index is 1380. The molecule has 9 nitrogen and oxygen atoms in total. The SMILES string of the molecule is CNCc1c(C)cc(N)nc1C.COC(=O)c1cc2c(cc1C(=O)OC)C1OC2c2ccc(C=O)cc21. The van der Waals surface area contributed by atoms with E-state index in [4.69, 9.17) is 19.9 Å². The molecular formula is C28H29N3O6. The van der Waals surface area contributed by atoms with Crippen molar-refractivity contribution in [2.75, 3.05) is 27.0 Å². The number of ether oxygens (including phenoxy) is 3. The fourth-order valence-electron chi connectivity index (χ4n) is 4.87. The third kappa shape index (κ3) is 4.71. The van der Waals surface area contributed by atoms with Gasteiger partial charge in [-0.3, -0.25) is 4.79 Å². The van der Waals surface area contributed by atoms with E-state index in [0.29, 0.717) is 11.4 Å². The van der Waals surface area contributed by atoms with E-state index >= 15 is 0 Å². The van der Waals surface area contributed by atoms with Crippen LogP contribution in [0.4, 0.5) is 5.82 Å². The number of methoxy groups -OCH3 is 2. The largest absolute Gasteiger partial charge is 0.465 e. The number of aryl methyl sites for hydroxylation is 2. The van der Waals surface area contributed by atoms with Crippen LogP contribution in [0.2, 0.25) is 0 Å². The number of esters is 2. The number of nitrogen functional groups attached to an aromatic ring is 1. The number of nitrogens with zero attached hydrogens (tertiary/aromatic N) is 1. The summed E-state index contributed by atoms with van der Waals surface area (Å²) in [7, 11) is 4.44. The zero-order valence-corrected chi connectivity index (χ0v) is 21.4. The van der Waals surface area contributed by atoms with Crippen LogP contribution >= 0.6 is 0 Å². The summed E-state index contributed by atoms with van der Waals surface area (Å²) in [5, 5.41) is 3.10. The van der Waals surface area contributed by atoms with E-state index in [0.717, 1.165) is 40.8 Å². The maximum absolute atomic E-state index is 12.1. The molecule has 3 aromatic rings. The number of aldehydes is 1. The summed E-state index contributed by atoms with van der Waals surface area (Å²) < 4.78 is 15.6. The predicted molar refractivity (Wildman–Crippen MR) is 137 cm³/mol. The number of pyridine rings is 1. The number of benzene rings is 2. The highest BCUT2D eigenvalue weighted by Crippen LogP contribution is 2.54. The quantitative estimate of drug-likeness (QED) is 0.396. The maximum Gasteiger partial charge on any atom is 0.338 e. The van der Waals surface area contributed by atoms with Crippen molar-refractivity contribution < 1.29 is 28.6 Å². The molecule has 3 heterocycles. The molecule has 2 aromatic carbocycles. The van der Waals surface area contributed by atoms with Gasteiger partial charge in [-0.2, -0.15) is 0 Å². The summed E-state index contributed by atoms with van der Waals surface area (Å²) in [5.74, 6) is -0.625. The van der Waals surface area contributed by atoms with Crippen LogP contribution in [0.25, 0.3) is 0 Å². The molecule has 2 aliphatic rings. The second-order valence-electron chi connectivity index (χ2n) is 8.87. The van der Waals surface area contributed by atoms with Crippen LogP contribution in [0.15, 0.2) is 36.4 Å². The van der Waals surface area contributed by atoms with Crippen LogP contribution in [0, 0.1) is 13.8 Å². The van der Waals surface area contributed by atoms with Crippen LogP contribution < -0.4 is 11.1 Å². The number of anilines is 1. The molecule has 0 aliphatic carbocycles. The van der Waals surface area contributed by atoms with Gasteiger partial charge in [0.15, 0.2) is 0 Å². The zero-order chi connectivity index (χ0) is 26.9. The lowest BCUT2D eigenvalue weighted by atomic mass is 9.83. The van der Waals surface area contributed by atoms with Crippen molar-refractivity contribution in [3.05, 3.63) is 92.2 Å². The number of nitrogens with one attached hydrogen (secondary N) is 1. The van der Waals surface area contributed by atoms with Gasteiger partial charge in [-0.25, -0.2) is 14.6 Å². The molecule has 0 fully saturated rings. The summed E-state index contributed by atoms with van der Waals surface area (Å²) in [4.78, 5) is 39.4. The highest BCUT2D eigenvalue weighted by atomic mass is 16.5. The van der Waals surface area contributed by atoms with Crippen molar-refractivity contribution in [3.8, 4) is 0 Å². The average Bonchev–Trinajstić information content (AvgIpc) is 3.46. The fraction of sp³-hybridized carbons (Fsp3) is 0.286. The Morgan fingerprint density at radius 3 is 2.05 bits per heavy atom. The molecule has 2 atom stereocenters. The van der Waals surface area contributed by atoms with Crippen LogP contribution in [0.3, 0.4) is 0 Å². The number of hydrogen-bond acceptors (Lipinski definition) is 9. The van der Waals surface area contributed by atoms with Crippen molar-refractivity contribution in [1.82, 2.24) is 10.3 Å². The number of rotatable bonds is 5. The molecule has 2 unspecified atom stereocenters. The number of carbonyl (C=O) groups excluding carboxylic acids is 3. The number of aromatic nitrogens is 1. The van der Waals surface area contributed by atoms with Crippen LogP contribution in [0.5, 0.6) is 0 Å². The van der Waals surface area contributed by atoms with E-state index in [-0.39, 0.29) is 23.3 Å². The third-order valence-electron chi connectivity index (χ3n) is 6.61. The molecule has 192 valence electrons. The maximum atomic E-state index is 12.1. The number of nitrogens with two attached hydrogens (primary N) is 1. The molecular weight excluding hydrogens is 474 g/mol. The Labute approximate surface area is 214 Å². The van der Waals surface area contributed by atoms with Crippen molar-refractivity contribution in [2.24, 2.45) is 0 Å². The minimum Gasteiger partial charge on any atom is -0.465 e. The first-order chi connectivity index (χ1) is 17.7. The Morgan fingerprint density at radius 2 is 1.54 bits per heavy atom. The van der Waals surface area contributed by atoms with Gasteiger partial charge in [0.05, 0.1) is 25.3 Å². The molecule has 1 aromatic heterocycles. The molecule has 2 aliphatic heterocycles. The summed E-state index contributed by atoms with van der Waals surface area (Å²) in [6.45, 7) is 4.89. The highest BCUT2D eigenvalue weighted by molar-refractivity contribution is 6.03. The number of fused-ring (bicyclic) bond motifs is 8. The van der Waals surface area contributed by atoms with Crippen molar-refractivity contribution in [2.45, 2.75) is 32.6 Å². The second kappa shape index (κ2) is 10.5. The van der Waals surface area contributed by atoms with Crippen molar-refractivity contribution in [1.29, 1.82) is 0 Å². The molecule has 5 rings (SSSR count). The minimum atomic E-state index is -0.618. The zero-order valence-electron chi connectivity index (χ0n) is 21.4. The van der Waals surface area contributed by atoms with Crippen LogP contribution in [0.1, 0.15) is 82.4 Å². The Kier molecular flexibility index (Phi) is 7.37. The molecule has 0 spiro atoms. The number of hydrogen-bond donors (Lipinski definition) is 2. The molecule has 0 saturated heterocycles. The molecule has 0 amide bonds. The van der Waals surface area contributed by atoms with Gasteiger partial charge in [-0.05, 0) is 78.5 Å². The summed E-state index contributed by atoms with van der Waals surface area (Å²) in [5.41, 5.74) is 13.4. The molecule has 2 bridgehead atoms. The third-order valence-corrected chi connectivity index (χ3v) is 6.61. The first-order valence-corrected chi connectivity index (χ1v) is 11.7. The van der Waals surface area contributed by atoms with Gasteiger partial charge < -0.3 is 25.3 Å². The van der Waals surface area contributed by atoms with Crippen LogP contribution in [-0.4, -0.2) is 44.5 Å². The normalized spacial score (nSPS) is 16.2. The highest BCUT2D eigenvalue weighted by Gasteiger charge is 2.44. The van der Waals surface area contributed by atoms with Gasteiger partial charge in [0.1, 0.15) is 24.3 Å². The summed E-state index contributed by atoms with van der Waals surface area (Å²) >= 11 is 0. The summed E-state index contributed by atoms with van der Waals surface area (Å²) in [6, 6.07) is 10.5. The minimum absolute atomic E-state index is 0.136. The van der Waals surface area contributed by atoms with E-state index in [2.05, 4.69) is 17.2 Å². The van der Waals surface area contributed by atoms with Gasteiger partial charge >= 0.3 is 11.9 Å². The van der Waals surface area contributed by atoms with Gasteiger partial charge in [0, 0.05) is 17.8 Å². The molecule has 0 saturated carbocycles. The molecule has 0 radical (unpaired) electrons. The molecule has 9 heteroatoms. The first-order valence-electron chi connectivity index (χ1n) is 11.7. The molecule has 3 N–H and O–H groups in total. The standard InChI is InChI=1S/C19H14O6.C9H15N3/c1-23-18(21)14-6-12-13(7-15(14)19(22)24-2)17-11-5-9(8-20)3-4-10(11)16(12)25-17;1-6-4-9(10)12-7(2)8(6)5-11-3/h3-8,16-17H,1-2H3;4,11H,5H2,1-3H3,(H2,10,12). The molecule has 37 heavy (non-hydrogen) atoms. The lowest BCUT2D eigenvalue weighted by Gasteiger charge is -2.18. The lowest BCUT2D eigenvalue weighted by molar-refractivity contribution is 0.0555. The lowest BCUT2D eigenvalue weighted by Crippen LogP contribution is -2.15. The fourth-order valence-corrected chi connectivity index (χ4v) is 4.87. The van der Waals surface area contributed by atoms with Crippen molar-refractivity contribution >= 4 is 24.0 Å². The Hall–Kier alpha value is -4.08. The van der Waals surface area contributed by atoms with Gasteiger partial charge in [0.2, 0.25) is 0 Å². The Balaban J connectivity index is 0.000000225. The topological polar surface area (TPSA) is 130 Å². The van der Waals surface area contributed by atoms with Gasteiger partial charge in [-0.1, -0.05) is 12.1 Å². The van der Waals surface area contributed by atoms with E-state index in [1.165, 1.54) is 25.3 Å². The number of carbonyl (C=O) groups is 3. The second-order valence-corrected chi connectivity index (χ2v) is 8.87. The van der Waals surface area contributed by atoms with E-state index in [9.17, 15) is 14.4 Å². The summed E-state index contributed by atoms with van der Waals surface area (Å²) in [6.07, 6.45) is 0.0868. The monoisotopic (exact) mass is 503 g/mol. The van der Waals surface area contributed by atoms with Crippen LogP contribution in [-0.2, 0) is 20.8 Å². The van der Waals surface area contributed by atoms with E-state index in [1.54, 1.807) is 24.3 Å².